The van der Waals surface area contributed by atoms with Crippen LogP contribution in [0, 0.1) is 0 Å². The van der Waals surface area contributed by atoms with Gasteiger partial charge in [-0.2, -0.15) is 0 Å². The molecule has 140 valence electrons. The van der Waals surface area contributed by atoms with Gasteiger partial charge in [-0.15, -0.1) is 10.2 Å². The molecule has 2 heterocycles. The summed E-state index contributed by atoms with van der Waals surface area (Å²) >= 11 is 7.52. The Morgan fingerprint density at radius 3 is 2.63 bits per heavy atom. The third-order valence-electron chi connectivity index (χ3n) is 3.97. The number of unbranched alkanes of at least 4 members (excludes halogenated alkanes) is 1. The maximum atomic E-state index is 12.1. The highest BCUT2D eigenvalue weighted by Crippen LogP contribution is 2.17. The summed E-state index contributed by atoms with van der Waals surface area (Å²) in [5.41, 5.74) is 8.05. The monoisotopic (exact) mass is 401 g/mol. The highest BCUT2D eigenvalue weighted by Gasteiger charge is 2.07. The Labute approximate surface area is 166 Å². The maximum Gasteiger partial charge on any atom is 0.228 e. The van der Waals surface area contributed by atoms with Crippen molar-refractivity contribution in [1.29, 1.82) is 0 Å². The summed E-state index contributed by atoms with van der Waals surface area (Å²) in [6.45, 7) is 0. The largest absolute Gasteiger partial charge is 0.374 e. The van der Waals surface area contributed by atoms with Gasteiger partial charge in [0.05, 0.1) is 18.3 Å². The van der Waals surface area contributed by atoms with Crippen molar-refractivity contribution in [3.8, 4) is 0 Å². The van der Waals surface area contributed by atoms with Gasteiger partial charge in [-0.25, -0.2) is 0 Å². The number of hydrogen-bond acceptors (Lipinski definition) is 6. The normalized spacial score (nSPS) is 10.7. The van der Waals surface area contributed by atoms with E-state index in [4.69, 9.17) is 17.3 Å². The Bertz CT molecular complexity index is 897. The van der Waals surface area contributed by atoms with Crippen molar-refractivity contribution in [3.05, 3.63) is 63.9 Å². The lowest BCUT2D eigenvalue weighted by atomic mass is 10.1. The second-order valence-corrected chi connectivity index (χ2v) is 7.60. The number of nitrogen functional groups attached to an aromatic ring is 1. The summed E-state index contributed by atoms with van der Waals surface area (Å²) in [5, 5.41) is 12.8. The van der Waals surface area contributed by atoms with E-state index in [0.717, 1.165) is 41.9 Å². The Balaban J connectivity index is 1.42. The number of aromatic nitrogens is 3. The van der Waals surface area contributed by atoms with E-state index in [1.54, 1.807) is 12.3 Å². The average Bonchev–Trinajstić information content (AvgIpc) is 3.07. The van der Waals surface area contributed by atoms with Crippen LogP contribution in [0.3, 0.4) is 0 Å². The average molecular weight is 402 g/mol. The van der Waals surface area contributed by atoms with E-state index in [9.17, 15) is 4.79 Å². The summed E-state index contributed by atoms with van der Waals surface area (Å²) in [7, 11) is 0. The van der Waals surface area contributed by atoms with Gasteiger partial charge in [-0.3, -0.25) is 9.78 Å². The number of aryl methyl sites for hydroxylation is 2. The molecule has 0 spiro atoms. The highest BCUT2D eigenvalue weighted by atomic mass is 35.5. The molecular weight excluding hydrogens is 382 g/mol. The van der Waals surface area contributed by atoms with Gasteiger partial charge in [-0.05, 0) is 43.0 Å². The van der Waals surface area contributed by atoms with Gasteiger partial charge in [0.1, 0.15) is 5.01 Å². The van der Waals surface area contributed by atoms with Gasteiger partial charge in [0.15, 0.2) is 0 Å². The zero-order chi connectivity index (χ0) is 19.1. The quantitative estimate of drug-likeness (QED) is 0.558. The predicted molar refractivity (Wildman–Crippen MR) is 109 cm³/mol. The third-order valence-corrected chi connectivity index (χ3v) is 5.15. The number of benzene rings is 1. The van der Waals surface area contributed by atoms with Crippen molar-refractivity contribution < 1.29 is 4.79 Å². The van der Waals surface area contributed by atoms with Gasteiger partial charge in [-0.1, -0.05) is 41.1 Å². The number of hydrogen-bond donors (Lipinski definition) is 2. The van der Waals surface area contributed by atoms with Crippen molar-refractivity contribution in [2.24, 2.45) is 0 Å². The standard InChI is InChI=1S/C19H20ClN5OS/c20-16-7-3-1-5-13(16)11-17(26)23-15-10-9-14(22-12-15)6-2-4-8-18-24-25-19(21)27-18/h1,3,5,7,9-10,12H,2,4,6,8,11H2,(H2,21,25)(H,23,26). The molecule has 8 heteroatoms. The number of pyridine rings is 1. The molecule has 0 radical (unpaired) electrons. The second-order valence-electron chi connectivity index (χ2n) is 6.10. The van der Waals surface area contributed by atoms with Gasteiger partial charge in [0.2, 0.25) is 11.0 Å². The topological polar surface area (TPSA) is 93.8 Å². The zero-order valence-corrected chi connectivity index (χ0v) is 16.3. The molecule has 0 aliphatic rings. The van der Waals surface area contributed by atoms with E-state index in [-0.39, 0.29) is 12.3 Å². The fourth-order valence-corrected chi connectivity index (χ4v) is 3.47. The lowest BCUT2D eigenvalue weighted by Gasteiger charge is -2.07. The van der Waals surface area contributed by atoms with E-state index in [2.05, 4.69) is 20.5 Å². The lowest BCUT2D eigenvalue weighted by Crippen LogP contribution is -2.14. The van der Waals surface area contributed by atoms with Crippen molar-refractivity contribution in [2.45, 2.75) is 32.1 Å². The number of nitrogens with two attached hydrogens (primary N) is 1. The van der Waals surface area contributed by atoms with E-state index in [1.807, 2.05) is 30.3 Å². The first-order valence-corrected chi connectivity index (χ1v) is 9.85. The molecule has 0 fully saturated rings. The van der Waals surface area contributed by atoms with Gasteiger partial charge >= 0.3 is 0 Å². The fraction of sp³-hybridized carbons (Fsp3) is 0.263. The Morgan fingerprint density at radius 2 is 1.93 bits per heavy atom. The van der Waals surface area contributed by atoms with Crippen LogP contribution in [-0.4, -0.2) is 21.1 Å². The van der Waals surface area contributed by atoms with Crippen LogP contribution < -0.4 is 11.1 Å². The Morgan fingerprint density at radius 1 is 1.11 bits per heavy atom. The molecule has 0 atom stereocenters. The van der Waals surface area contributed by atoms with Crippen molar-refractivity contribution in [3.63, 3.8) is 0 Å². The van der Waals surface area contributed by atoms with Crippen molar-refractivity contribution >= 4 is 39.7 Å². The minimum atomic E-state index is -0.117. The molecule has 1 amide bonds. The van der Waals surface area contributed by atoms with Crippen LogP contribution in [0.15, 0.2) is 42.6 Å². The number of halogens is 1. The fourth-order valence-electron chi connectivity index (χ4n) is 2.62. The van der Waals surface area contributed by atoms with Crippen LogP contribution in [-0.2, 0) is 24.1 Å². The SMILES string of the molecule is Nc1nnc(CCCCc2ccc(NC(=O)Cc3ccccc3Cl)cn2)s1. The molecule has 0 saturated carbocycles. The van der Waals surface area contributed by atoms with E-state index < -0.39 is 0 Å². The van der Waals surface area contributed by atoms with Crippen LogP contribution in [0.1, 0.15) is 29.1 Å². The van der Waals surface area contributed by atoms with E-state index >= 15 is 0 Å². The van der Waals surface area contributed by atoms with Crippen molar-refractivity contribution in [1.82, 2.24) is 15.2 Å². The molecule has 3 aromatic rings. The van der Waals surface area contributed by atoms with Gasteiger partial charge in [0, 0.05) is 17.1 Å². The third kappa shape index (κ3) is 6.01. The van der Waals surface area contributed by atoms with E-state index in [0.29, 0.717) is 15.8 Å². The summed E-state index contributed by atoms with van der Waals surface area (Å²) in [4.78, 5) is 16.6. The molecule has 27 heavy (non-hydrogen) atoms. The summed E-state index contributed by atoms with van der Waals surface area (Å²) in [6, 6.07) is 11.1. The Hall–Kier alpha value is -2.51. The molecule has 1 aromatic carbocycles. The first-order chi connectivity index (χ1) is 13.1. The van der Waals surface area contributed by atoms with E-state index in [1.165, 1.54) is 11.3 Å². The number of anilines is 2. The smallest absolute Gasteiger partial charge is 0.228 e. The highest BCUT2D eigenvalue weighted by molar-refractivity contribution is 7.15. The molecule has 0 saturated heterocycles. The summed E-state index contributed by atoms with van der Waals surface area (Å²) < 4.78 is 0. The van der Waals surface area contributed by atoms with Crippen LogP contribution in [0.25, 0.3) is 0 Å². The molecule has 6 nitrogen and oxygen atoms in total. The molecule has 0 bridgehead atoms. The van der Waals surface area contributed by atoms with Crippen LogP contribution in [0.2, 0.25) is 5.02 Å². The van der Waals surface area contributed by atoms with Gasteiger partial charge < -0.3 is 11.1 Å². The number of amides is 1. The lowest BCUT2D eigenvalue weighted by molar-refractivity contribution is -0.115. The molecule has 2 aromatic heterocycles. The molecule has 0 aliphatic carbocycles. The molecule has 0 aliphatic heterocycles. The second kappa shape index (κ2) is 9.43. The number of rotatable bonds is 8. The van der Waals surface area contributed by atoms with Gasteiger partial charge in [0.25, 0.3) is 0 Å². The van der Waals surface area contributed by atoms with Crippen LogP contribution in [0.5, 0.6) is 0 Å². The first kappa shape index (κ1) is 19.3. The molecule has 0 unspecified atom stereocenters. The number of nitrogens with zero attached hydrogens (tertiary/aromatic N) is 3. The molecular formula is C19H20ClN5OS. The summed E-state index contributed by atoms with van der Waals surface area (Å²) in [5.74, 6) is -0.117. The summed E-state index contributed by atoms with van der Waals surface area (Å²) in [6.07, 6.45) is 5.69. The predicted octanol–water partition coefficient (Wildman–Crippen LogP) is 3.92. The number of nitrogens with one attached hydrogen (secondary N) is 1. The Kier molecular flexibility index (Phi) is 6.73. The maximum absolute atomic E-state index is 12.1. The van der Waals surface area contributed by atoms with Crippen molar-refractivity contribution in [2.75, 3.05) is 11.1 Å². The molecule has 3 N–H and O–H groups in total. The first-order valence-electron chi connectivity index (χ1n) is 8.66. The minimum absolute atomic E-state index is 0.117. The number of carbonyl (C=O) groups is 1. The molecule has 3 rings (SSSR count). The minimum Gasteiger partial charge on any atom is -0.374 e. The number of carbonyl (C=O) groups excluding carboxylic acids is 1. The van der Waals surface area contributed by atoms with Crippen LogP contribution >= 0.6 is 22.9 Å². The zero-order valence-electron chi connectivity index (χ0n) is 14.7. The van der Waals surface area contributed by atoms with Crippen LogP contribution in [0.4, 0.5) is 10.8 Å².